The van der Waals surface area contributed by atoms with Gasteiger partial charge in [0.1, 0.15) is 5.82 Å². The third kappa shape index (κ3) is 3.86. The molecule has 0 radical (unpaired) electrons. The fourth-order valence-corrected chi connectivity index (χ4v) is 3.54. The van der Waals surface area contributed by atoms with Gasteiger partial charge in [0.2, 0.25) is 0 Å². The van der Waals surface area contributed by atoms with Gasteiger partial charge in [0.15, 0.2) is 0 Å². The molecule has 25 heavy (non-hydrogen) atoms. The summed E-state index contributed by atoms with van der Waals surface area (Å²) in [6, 6.07) is 17.6. The van der Waals surface area contributed by atoms with Crippen molar-refractivity contribution in [1.82, 2.24) is 14.8 Å². The van der Waals surface area contributed by atoms with Crippen molar-refractivity contribution >= 4 is 10.9 Å². The molecule has 1 aliphatic heterocycles. The van der Waals surface area contributed by atoms with Gasteiger partial charge in [0, 0.05) is 50.9 Å². The van der Waals surface area contributed by atoms with Crippen LogP contribution in [0.5, 0.6) is 0 Å². The van der Waals surface area contributed by atoms with E-state index in [2.05, 4.69) is 45.1 Å². The molecule has 0 atom stereocenters. The van der Waals surface area contributed by atoms with Gasteiger partial charge in [-0.3, -0.25) is 14.8 Å². The van der Waals surface area contributed by atoms with Crippen LogP contribution < -0.4 is 0 Å². The number of halogens is 1. The molecule has 0 amide bonds. The number of benzene rings is 2. The van der Waals surface area contributed by atoms with E-state index in [-0.39, 0.29) is 5.82 Å². The first kappa shape index (κ1) is 16.2. The minimum Gasteiger partial charge on any atom is -0.297 e. The molecule has 0 saturated carbocycles. The van der Waals surface area contributed by atoms with Gasteiger partial charge >= 0.3 is 0 Å². The van der Waals surface area contributed by atoms with Gasteiger partial charge in [-0.2, -0.15) is 0 Å². The molecule has 0 N–H and O–H groups in total. The Morgan fingerprint density at radius 3 is 2.32 bits per heavy atom. The van der Waals surface area contributed by atoms with Gasteiger partial charge in [-0.05, 0) is 29.3 Å². The standard InChI is InChI=1S/C21H22FN3/c22-20-13-18-7-4-8-23-21(18)19(14-20)16-25-11-9-24(10-12-25)15-17-5-2-1-3-6-17/h1-8,13-14H,9-12,15-16H2. The van der Waals surface area contributed by atoms with Crippen LogP contribution in [0.25, 0.3) is 10.9 Å². The normalized spacial score (nSPS) is 16.4. The van der Waals surface area contributed by atoms with E-state index in [1.807, 2.05) is 12.1 Å². The number of aromatic nitrogens is 1. The molecule has 4 heteroatoms. The Morgan fingerprint density at radius 1 is 0.840 bits per heavy atom. The molecule has 0 aliphatic carbocycles. The number of nitrogens with zero attached hydrogens (tertiary/aromatic N) is 3. The minimum absolute atomic E-state index is 0.182. The monoisotopic (exact) mass is 335 g/mol. The summed E-state index contributed by atoms with van der Waals surface area (Å²) in [7, 11) is 0. The fourth-order valence-electron chi connectivity index (χ4n) is 3.54. The van der Waals surface area contributed by atoms with E-state index < -0.39 is 0 Å². The van der Waals surface area contributed by atoms with E-state index in [4.69, 9.17) is 0 Å². The number of pyridine rings is 1. The molecular weight excluding hydrogens is 313 g/mol. The topological polar surface area (TPSA) is 19.4 Å². The molecule has 1 fully saturated rings. The Balaban J connectivity index is 1.41. The Hall–Kier alpha value is -2.30. The largest absolute Gasteiger partial charge is 0.297 e. The number of fused-ring (bicyclic) bond motifs is 1. The predicted octanol–water partition coefficient (Wildman–Crippen LogP) is 3.69. The second-order valence-corrected chi connectivity index (χ2v) is 6.68. The Labute approximate surface area is 147 Å². The molecule has 1 aromatic heterocycles. The maximum absolute atomic E-state index is 13.9. The summed E-state index contributed by atoms with van der Waals surface area (Å²) in [5.74, 6) is -0.182. The van der Waals surface area contributed by atoms with Crippen LogP contribution in [-0.2, 0) is 13.1 Å². The zero-order chi connectivity index (χ0) is 17.1. The molecule has 2 heterocycles. The lowest BCUT2D eigenvalue weighted by Crippen LogP contribution is -2.45. The van der Waals surface area contributed by atoms with E-state index >= 15 is 0 Å². The van der Waals surface area contributed by atoms with Crippen molar-refractivity contribution in [2.45, 2.75) is 13.1 Å². The van der Waals surface area contributed by atoms with Crippen molar-refractivity contribution in [3.8, 4) is 0 Å². The average Bonchev–Trinajstić information content (AvgIpc) is 2.64. The van der Waals surface area contributed by atoms with Gasteiger partial charge in [0.25, 0.3) is 0 Å². The molecule has 1 aliphatic rings. The van der Waals surface area contributed by atoms with Crippen molar-refractivity contribution in [2.75, 3.05) is 26.2 Å². The molecule has 0 spiro atoms. The Morgan fingerprint density at radius 2 is 1.56 bits per heavy atom. The van der Waals surface area contributed by atoms with Crippen LogP contribution in [0.1, 0.15) is 11.1 Å². The quantitative estimate of drug-likeness (QED) is 0.725. The predicted molar refractivity (Wildman–Crippen MR) is 98.7 cm³/mol. The summed E-state index contributed by atoms with van der Waals surface area (Å²) < 4.78 is 13.9. The summed E-state index contributed by atoms with van der Waals surface area (Å²) in [6.45, 7) is 5.82. The van der Waals surface area contributed by atoms with Crippen LogP contribution in [0.15, 0.2) is 60.8 Å². The average molecular weight is 335 g/mol. The summed E-state index contributed by atoms with van der Waals surface area (Å²) >= 11 is 0. The van der Waals surface area contributed by atoms with E-state index in [9.17, 15) is 4.39 Å². The summed E-state index contributed by atoms with van der Waals surface area (Å²) in [6.07, 6.45) is 1.78. The number of rotatable bonds is 4. The van der Waals surface area contributed by atoms with Crippen molar-refractivity contribution in [3.05, 3.63) is 77.7 Å². The molecule has 2 aromatic carbocycles. The van der Waals surface area contributed by atoms with Gasteiger partial charge in [-0.15, -0.1) is 0 Å². The van der Waals surface area contributed by atoms with Crippen molar-refractivity contribution in [2.24, 2.45) is 0 Å². The molecule has 0 bridgehead atoms. The van der Waals surface area contributed by atoms with Crippen LogP contribution in [-0.4, -0.2) is 41.0 Å². The highest BCUT2D eigenvalue weighted by atomic mass is 19.1. The molecule has 3 aromatic rings. The Kier molecular flexibility index (Phi) is 4.72. The first-order valence-corrected chi connectivity index (χ1v) is 8.80. The number of piperazine rings is 1. The third-order valence-electron chi connectivity index (χ3n) is 4.86. The van der Waals surface area contributed by atoms with Crippen LogP contribution in [0.3, 0.4) is 0 Å². The smallest absolute Gasteiger partial charge is 0.124 e. The van der Waals surface area contributed by atoms with E-state index in [0.29, 0.717) is 0 Å². The lowest BCUT2D eigenvalue weighted by Gasteiger charge is -2.34. The van der Waals surface area contributed by atoms with E-state index in [0.717, 1.165) is 55.7 Å². The Bertz CT molecular complexity index is 842. The van der Waals surface area contributed by atoms with Gasteiger partial charge in [-0.25, -0.2) is 4.39 Å². The second-order valence-electron chi connectivity index (χ2n) is 6.68. The minimum atomic E-state index is -0.182. The summed E-state index contributed by atoms with van der Waals surface area (Å²) in [5.41, 5.74) is 3.25. The molecule has 0 unspecified atom stereocenters. The van der Waals surface area contributed by atoms with Crippen LogP contribution in [0.2, 0.25) is 0 Å². The van der Waals surface area contributed by atoms with Crippen molar-refractivity contribution in [1.29, 1.82) is 0 Å². The SMILES string of the molecule is Fc1cc(CN2CCN(Cc3ccccc3)CC2)c2ncccc2c1. The summed E-state index contributed by atoms with van der Waals surface area (Å²) in [4.78, 5) is 9.33. The van der Waals surface area contributed by atoms with Crippen LogP contribution >= 0.6 is 0 Å². The van der Waals surface area contributed by atoms with E-state index in [1.54, 1.807) is 18.3 Å². The molecule has 128 valence electrons. The van der Waals surface area contributed by atoms with Crippen molar-refractivity contribution < 1.29 is 4.39 Å². The fraction of sp³-hybridized carbons (Fsp3) is 0.286. The zero-order valence-corrected chi connectivity index (χ0v) is 14.2. The first-order valence-electron chi connectivity index (χ1n) is 8.80. The third-order valence-corrected chi connectivity index (χ3v) is 4.86. The molecule has 4 rings (SSSR count). The summed E-state index contributed by atoms with van der Waals surface area (Å²) in [5, 5.41) is 0.875. The highest BCUT2D eigenvalue weighted by Crippen LogP contribution is 2.20. The zero-order valence-electron chi connectivity index (χ0n) is 14.2. The maximum Gasteiger partial charge on any atom is 0.124 e. The van der Waals surface area contributed by atoms with Gasteiger partial charge in [-0.1, -0.05) is 36.4 Å². The molecule has 1 saturated heterocycles. The lowest BCUT2D eigenvalue weighted by molar-refractivity contribution is 0.122. The van der Waals surface area contributed by atoms with Crippen molar-refractivity contribution in [3.63, 3.8) is 0 Å². The number of hydrogen-bond acceptors (Lipinski definition) is 3. The number of hydrogen-bond donors (Lipinski definition) is 0. The van der Waals surface area contributed by atoms with Crippen LogP contribution in [0, 0.1) is 5.82 Å². The highest BCUT2D eigenvalue weighted by molar-refractivity contribution is 5.81. The lowest BCUT2D eigenvalue weighted by atomic mass is 10.1. The van der Waals surface area contributed by atoms with E-state index in [1.165, 1.54) is 5.56 Å². The molecular formula is C21H22FN3. The first-order chi connectivity index (χ1) is 12.3. The maximum atomic E-state index is 13.9. The van der Waals surface area contributed by atoms with Gasteiger partial charge < -0.3 is 0 Å². The highest BCUT2D eigenvalue weighted by Gasteiger charge is 2.18. The van der Waals surface area contributed by atoms with Gasteiger partial charge in [0.05, 0.1) is 5.52 Å². The van der Waals surface area contributed by atoms with Crippen LogP contribution in [0.4, 0.5) is 4.39 Å². The second kappa shape index (κ2) is 7.30. The molecule has 3 nitrogen and oxygen atoms in total.